The van der Waals surface area contributed by atoms with Crippen LogP contribution in [0.25, 0.3) is 0 Å². The van der Waals surface area contributed by atoms with E-state index in [0.29, 0.717) is 0 Å². The lowest BCUT2D eigenvalue weighted by Crippen LogP contribution is -2.52. The van der Waals surface area contributed by atoms with Crippen molar-refractivity contribution in [2.75, 3.05) is 20.2 Å². The van der Waals surface area contributed by atoms with Crippen LogP contribution in [-0.4, -0.2) is 45.6 Å². The van der Waals surface area contributed by atoms with Gasteiger partial charge in [-0.3, -0.25) is 0 Å². The number of sulfonamides is 1. The standard InChI is InChI=1S/C13H21N3O4S2.ClH/c1-13(2)5-4-6-14-9(13)7-16-22(18,19)12-10(11(17)20-3)15-8-21-12;/h8-9,14,16H,4-7H2,1-3H3;1H. The van der Waals surface area contributed by atoms with E-state index < -0.39 is 16.0 Å². The molecule has 0 saturated carbocycles. The lowest BCUT2D eigenvalue weighted by atomic mass is 9.78. The summed E-state index contributed by atoms with van der Waals surface area (Å²) in [6, 6.07) is 0.0468. The van der Waals surface area contributed by atoms with E-state index >= 15 is 0 Å². The molecule has 132 valence electrons. The fraction of sp³-hybridized carbons (Fsp3) is 0.692. The molecule has 10 heteroatoms. The summed E-state index contributed by atoms with van der Waals surface area (Å²) in [6.07, 6.45) is 2.12. The Morgan fingerprint density at radius 1 is 1.57 bits per heavy atom. The Balaban J connectivity index is 0.00000264. The highest BCUT2D eigenvalue weighted by Crippen LogP contribution is 2.30. The highest BCUT2D eigenvalue weighted by Gasteiger charge is 2.34. The van der Waals surface area contributed by atoms with Gasteiger partial charge in [-0.05, 0) is 24.8 Å². The van der Waals surface area contributed by atoms with E-state index in [-0.39, 0.29) is 40.3 Å². The second kappa shape index (κ2) is 7.89. The van der Waals surface area contributed by atoms with Crippen molar-refractivity contribution in [3.05, 3.63) is 11.2 Å². The molecule has 0 radical (unpaired) electrons. The molecular formula is C13H22ClN3O4S2. The molecule has 2 N–H and O–H groups in total. The molecule has 1 fully saturated rings. The van der Waals surface area contributed by atoms with Crippen molar-refractivity contribution in [1.82, 2.24) is 15.0 Å². The molecule has 23 heavy (non-hydrogen) atoms. The number of halogens is 1. The Labute approximate surface area is 146 Å². The molecule has 1 saturated heterocycles. The molecule has 7 nitrogen and oxygen atoms in total. The summed E-state index contributed by atoms with van der Waals surface area (Å²) in [5, 5.41) is 3.34. The average Bonchev–Trinajstić information content (AvgIpc) is 2.95. The maximum atomic E-state index is 12.4. The van der Waals surface area contributed by atoms with Gasteiger partial charge in [0, 0.05) is 12.6 Å². The van der Waals surface area contributed by atoms with Crippen LogP contribution in [0.2, 0.25) is 0 Å². The van der Waals surface area contributed by atoms with Gasteiger partial charge in [-0.2, -0.15) is 0 Å². The first-order valence-corrected chi connectivity index (χ1v) is 9.39. The van der Waals surface area contributed by atoms with Crippen LogP contribution in [0, 0.1) is 5.41 Å². The van der Waals surface area contributed by atoms with Crippen LogP contribution < -0.4 is 10.0 Å². The third-order valence-corrected chi connectivity index (χ3v) is 6.76. The third kappa shape index (κ3) is 4.63. The van der Waals surface area contributed by atoms with E-state index in [1.54, 1.807) is 0 Å². The first-order chi connectivity index (χ1) is 10.3. The Hall–Kier alpha value is -0.740. The minimum Gasteiger partial charge on any atom is -0.464 e. The summed E-state index contributed by atoms with van der Waals surface area (Å²) in [5.41, 5.74) is 1.17. The Morgan fingerprint density at radius 2 is 2.26 bits per heavy atom. The van der Waals surface area contributed by atoms with Gasteiger partial charge >= 0.3 is 5.97 Å². The van der Waals surface area contributed by atoms with Crippen LogP contribution in [-0.2, 0) is 14.8 Å². The van der Waals surface area contributed by atoms with Crippen LogP contribution in [0.4, 0.5) is 0 Å². The molecule has 0 bridgehead atoms. The fourth-order valence-electron chi connectivity index (χ4n) is 2.54. The Bertz CT molecular complexity index is 645. The van der Waals surface area contributed by atoms with Crippen LogP contribution in [0.3, 0.4) is 0 Å². The first kappa shape index (κ1) is 20.3. The highest BCUT2D eigenvalue weighted by atomic mass is 35.5. The summed E-state index contributed by atoms with van der Waals surface area (Å²) in [7, 11) is -2.59. The summed E-state index contributed by atoms with van der Waals surface area (Å²) in [5.74, 6) is -0.752. The van der Waals surface area contributed by atoms with E-state index in [4.69, 9.17) is 0 Å². The van der Waals surface area contributed by atoms with Gasteiger partial charge < -0.3 is 10.1 Å². The predicted molar refractivity (Wildman–Crippen MR) is 90.7 cm³/mol. The van der Waals surface area contributed by atoms with Gasteiger partial charge in [0.15, 0.2) is 9.90 Å². The summed E-state index contributed by atoms with van der Waals surface area (Å²) in [6.45, 7) is 5.38. The first-order valence-electron chi connectivity index (χ1n) is 7.03. The molecule has 0 spiro atoms. The number of nitrogens with one attached hydrogen (secondary N) is 2. The number of hydrogen-bond acceptors (Lipinski definition) is 7. The molecule has 0 amide bonds. The molecule has 0 aromatic carbocycles. The van der Waals surface area contributed by atoms with E-state index in [0.717, 1.165) is 30.7 Å². The molecular weight excluding hydrogens is 362 g/mol. The van der Waals surface area contributed by atoms with Crippen molar-refractivity contribution in [1.29, 1.82) is 0 Å². The molecule has 1 aliphatic heterocycles. The van der Waals surface area contributed by atoms with Crippen molar-refractivity contribution >= 4 is 39.7 Å². The number of rotatable bonds is 5. The number of carbonyl (C=O) groups excluding carboxylic acids is 1. The maximum Gasteiger partial charge on any atom is 0.358 e. The second-order valence-electron chi connectivity index (χ2n) is 5.93. The topological polar surface area (TPSA) is 97.4 Å². The quantitative estimate of drug-likeness (QED) is 0.746. The summed E-state index contributed by atoms with van der Waals surface area (Å²) >= 11 is 0.904. The number of aromatic nitrogens is 1. The summed E-state index contributed by atoms with van der Waals surface area (Å²) in [4.78, 5) is 15.4. The van der Waals surface area contributed by atoms with Gasteiger partial charge in [-0.25, -0.2) is 22.9 Å². The molecule has 1 aromatic rings. The molecule has 2 rings (SSSR count). The van der Waals surface area contributed by atoms with Gasteiger partial charge in [-0.15, -0.1) is 23.7 Å². The number of hydrogen-bond donors (Lipinski definition) is 2. The molecule has 1 atom stereocenters. The minimum atomic E-state index is -3.79. The lowest BCUT2D eigenvalue weighted by Gasteiger charge is -2.39. The van der Waals surface area contributed by atoms with Crippen LogP contribution in [0.1, 0.15) is 37.2 Å². The van der Waals surface area contributed by atoms with Gasteiger partial charge in [0.2, 0.25) is 0 Å². The van der Waals surface area contributed by atoms with Gasteiger partial charge in [0.25, 0.3) is 10.0 Å². The normalized spacial score (nSPS) is 20.6. The number of nitrogens with zero attached hydrogens (tertiary/aromatic N) is 1. The number of carbonyl (C=O) groups is 1. The monoisotopic (exact) mass is 383 g/mol. The van der Waals surface area contributed by atoms with E-state index in [1.165, 1.54) is 12.6 Å². The zero-order valence-corrected chi connectivity index (χ0v) is 15.7. The SMILES string of the molecule is COC(=O)c1ncsc1S(=O)(=O)NCC1NCCCC1(C)C.Cl. The zero-order valence-electron chi connectivity index (χ0n) is 13.3. The van der Waals surface area contributed by atoms with Crippen molar-refractivity contribution in [3.63, 3.8) is 0 Å². The molecule has 2 heterocycles. The van der Waals surface area contributed by atoms with E-state index in [2.05, 4.69) is 33.6 Å². The van der Waals surface area contributed by atoms with Crippen molar-refractivity contribution in [2.24, 2.45) is 5.41 Å². The second-order valence-corrected chi connectivity index (χ2v) is 8.75. The van der Waals surface area contributed by atoms with Crippen molar-refractivity contribution < 1.29 is 17.9 Å². The third-order valence-electron chi connectivity index (χ3n) is 3.97. The molecule has 0 aliphatic carbocycles. The van der Waals surface area contributed by atoms with Crippen LogP contribution in [0.15, 0.2) is 9.72 Å². The molecule has 1 aromatic heterocycles. The predicted octanol–water partition coefficient (Wildman–Crippen LogP) is 1.41. The van der Waals surface area contributed by atoms with Gasteiger partial charge in [-0.1, -0.05) is 13.8 Å². The van der Waals surface area contributed by atoms with Crippen molar-refractivity contribution in [2.45, 2.75) is 36.9 Å². The highest BCUT2D eigenvalue weighted by molar-refractivity contribution is 7.91. The maximum absolute atomic E-state index is 12.4. The smallest absolute Gasteiger partial charge is 0.358 e. The summed E-state index contributed by atoms with van der Waals surface area (Å²) < 4.78 is 31.9. The number of esters is 1. The van der Waals surface area contributed by atoms with Crippen LogP contribution >= 0.6 is 23.7 Å². The fourth-order valence-corrected chi connectivity index (χ4v) is 4.76. The minimum absolute atomic E-state index is 0. The van der Waals surface area contributed by atoms with Gasteiger partial charge in [0.05, 0.1) is 12.6 Å². The molecule has 1 aliphatic rings. The van der Waals surface area contributed by atoms with Crippen LogP contribution in [0.5, 0.6) is 0 Å². The Morgan fingerprint density at radius 3 is 2.87 bits per heavy atom. The average molecular weight is 384 g/mol. The number of thiazole rings is 1. The number of piperidine rings is 1. The number of methoxy groups -OCH3 is 1. The van der Waals surface area contributed by atoms with E-state index in [1.807, 2.05) is 0 Å². The zero-order chi connectivity index (χ0) is 16.4. The van der Waals surface area contributed by atoms with Crippen molar-refractivity contribution in [3.8, 4) is 0 Å². The van der Waals surface area contributed by atoms with Gasteiger partial charge in [0.1, 0.15) is 0 Å². The van der Waals surface area contributed by atoms with E-state index in [9.17, 15) is 13.2 Å². The largest absolute Gasteiger partial charge is 0.464 e. The lowest BCUT2D eigenvalue weighted by molar-refractivity contribution is 0.0590. The molecule has 1 unspecified atom stereocenters. The number of ether oxygens (including phenoxy) is 1. The Kier molecular flexibility index (Phi) is 6.96.